The summed E-state index contributed by atoms with van der Waals surface area (Å²) < 4.78 is 40.1. The lowest BCUT2D eigenvalue weighted by Gasteiger charge is -2.42. The van der Waals surface area contributed by atoms with Gasteiger partial charge in [0.05, 0.1) is 24.9 Å². The molecule has 446 valence electrons. The van der Waals surface area contributed by atoms with Crippen molar-refractivity contribution in [2.45, 2.75) is 205 Å². The molecule has 0 spiro atoms. The third-order valence-electron chi connectivity index (χ3n) is 16.6. The van der Waals surface area contributed by atoms with E-state index in [1.165, 1.54) is 21.1 Å². The van der Waals surface area contributed by atoms with Crippen molar-refractivity contribution in [3.05, 3.63) is 47.6 Å². The maximum atomic E-state index is 14.6. The first kappa shape index (κ1) is 67.6. The molecule has 2 bridgehead atoms. The van der Waals surface area contributed by atoms with Gasteiger partial charge in [0, 0.05) is 58.5 Å². The lowest BCUT2D eigenvalue weighted by atomic mass is 9.78. The molecule has 16 atom stereocenters. The minimum Gasteiger partial charge on any atom is -0.463 e. The number of esters is 3. The first-order valence-electron chi connectivity index (χ1n) is 28.2. The van der Waals surface area contributed by atoms with Gasteiger partial charge in [-0.15, -0.1) is 0 Å². The molecule has 1 aliphatic carbocycles. The molecule has 4 aliphatic rings. The van der Waals surface area contributed by atoms with E-state index in [0.29, 0.717) is 63.4 Å². The summed E-state index contributed by atoms with van der Waals surface area (Å²) in [6.07, 6.45) is 9.35. The molecule has 2 saturated heterocycles. The Kier molecular flexibility index (Phi) is 26.0. The van der Waals surface area contributed by atoms with Crippen molar-refractivity contribution in [1.29, 1.82) is 0 Å². The number of alkyl halides is 1. The second-order valence-corrected chi connectivity index (χ2v) is 25.7. The summed E-state index contributed by atoms with van der Waals surface area (Å²) in [4.78, 5) is 98.8. The van der Waals surface area contributed by atoms with Gasteiger partial charge in [0.1, 0.15) is 52.6 Å². The first-order valence-corrected chi connectivity index (χ1v) is 29.0. The number of aliphatic hydroxyl groups is 3. The molecule has 19 heteroatoms. The number of carbonyl (C=O) groups is 7. The second kappa shape index (κ2) is 30.4. The van der Waals surface area contributed by atoms with Crippen LogP contribution >= 0.6 is 15.9 Å². The Bertz CT molecular complexity index is 2240. The standard InChI is InChI=1S/C60H92BrNO17/c1-35-19-15-14-16-20-36(2)47(73-11)31-43-24-22-41(7)60(72,79-43)53(67)54(68)62-26-18-17-21-44(62)55(69)77-48(32-45(64)37(3)28-40(6)51(66)52(75-13)50(65)39(5)27-35)38(4)29-42-23-25-46(49(30-42)74-12)78-57(71)59(10,33-63)34-76-56(70)58(8,9)61/h14-16,19-20,28,35,37-39,41-44,46-49,51-52,63,66,72H,17-18,21-27,29-34H2,1-13H3/b16-14+,19-15+,36-20+,40-28+/t35?,37?,38-,39+,41+,42-,43-,44?,46+,47-,48-,49+,51+,52?,59?,60+/m0/s1. The molecule has 3 N–H and O–H groups in total. The van der Waals surface area contributed by atoms with E-state index in [1.54, 1.807) is 54.7 Å². The smallest absolute Gasteiger partial charge is 0.329 e. The number of hydrogen-bond acceptors (Lipinski definition) is 17. The van der Waals surface area contributed by atoms with E-state index in [4.69, 9.17) is 33.2 Å². The van der Waals surface area contributed by atoms with Gasteiger partial charge in [-0.25, -0.2) is 4.79 Å². The number of ether oxygens (including phenoxy) is 7. The van der Waals surface area contributed by atoms with Crippen LogP contribution in [0.1, 0.15) is 146 Å². The van der Waals surface area contributed by atoms with Gasteiger partial charge in [-0.05, 0) is 128 Å². The van der Waals surface area contributed by atoms with Crippen LogP contribution in [0.25, 0.3) is 0 Å². The molecule has 4 rings (SSSR count). The molecule has 0 aromatic carbocycles. The summed E-state index contributed by atoms with van der Waals surface area (Å²) in [5, 5.41) is 33.9. The molecule has 18 nitrogen and oxygen atoms in total. The van der Waals surface area contributed by atoms with E-state index in [9.17, 15) is 48.9 Å². The lowest BCUT2D eigenvalue weighted by molar-refractivity contribution is -0.265. The van der Waals surface area contributed by atoms with Crippen LogP contribution in [0.15, 0.2) is 47.6 Å². The molecule has 1 saturated carbocycles. The third-order valence-corrected chi connectivity index (χ3v) is 16.9. The average Bonchev–Trinajstić information content (AvgIpc) is 3.50. The first-order chi connectivity index (χ1) is 37.0. The van der Waals surface area contributed by atoms with Crippen molar-refractivity contribution in [2.75, 3.05) is 41.1 Å². The average molecular weight is 1180 g/mol. The van der Waals surface area contributed by atoms with Crippen LogP contribution in [0.3, 0.4) is 0 Å². The third kappa shape index (κ3) is 18.3. The number of nitrogens with zero attached hydrogens (tertiary/aromatic N) is 1. The fraction of sp³-hybridized carbons (Fsp3) is 0.750. The van der Waals surface area contributed by atoms with E-state index < -0.39 is 131 Å². The SMILES string of the molecule is COC1C(=O)[C@H](C)CC(C)/C=C/C=C/C=C(\C)[C@@H](OC)C[C@@H]2CC[C@@H](C)[C@@](O)(O2)C(=O)C(=O)N2CCCCC2C(=O)O[C@H]([C@@H](C)C[C@@H]2CC[C@@H](OC(=O)C(C)(CO)COC(=O)C(C)(C)Br)[C@H](OC)C2)CC(=O)C(C)/C=C(\C)[C@H]1O. The maximum absolute atomic E-state index is 14.6. The molecule has 3 fully saturated rings. The molecule has 79 heavy (non-hydrogen) atoms. The van der Waals surface area contributed by atoms with Crippen molar-refractivity contribution >= 4 is 57.1 Å². The normalized spacial score (nSPS) is 36.2. The Morgan fingerprint density at radius 2 is 1.56 bits per heavy atom. The Balaban J connectivity index is 1.67. The molecular formula is C60H92BrNO17. The summed E-state index contributed by atoms with van der Waals surface area (Å²) >= 11 is 3.25. The Morgan fingerprint density at radius 3 is 2.19 bits per heavy atom. The van der Waals surface area contributed by atoms with Crippen molar-refractivity contribution in [2.24, 2.45) is 40.9 Å². The number of allylic oxidation sites excluding steroid dienone is 6. The zero-order valence-corrected chi connectivity index (χ0v) is 50.6. The summed E-state index contributed by atoms with van der Waals surface area (Å²) in [7, 11) is 4.42. The number of rotatable bonds is 12. The number of halogens is 1. The van der Waals surface area contributed by atoms with E-state index in [1.807, 2.05) is 51.2 Å². The van der Waals surface area contributed by atoms with Crippen LogP contribution in [-0.4, -0.2) is 161 Å². The molecular weight excluding hydrogens is 1090 g/mol. The number of fused-ring (bicyclic) bond motifs is 3. The molecule has 0 aromatic heterocycles. The maximum Gasteiger partial charge on any atom is 0.329 e. The van der Waals surface area contributed by atoms with Gasteiger partial charge in [-0.2, -0.15) is 0 Å². The molecule has 1 amide bonds. The van der Waals surface area contributed by atoms with Crippen LogP contribution in [-0.2, 0) is 66.7 Å². The monoisotopic (exact) mass is 1180 g/mol. The predicted octanol–water partition coefficient (Wildman–Crippen LogP) is 7.45. The number of cyclic esters (lactones) is 1. The second-order valence-electron chi connectivity index (χ2n) is 23.7. The number of methoxy groups -OCH3 is 3. The van der Waals surface area contributed by atoms with Gasteiger partial charge in [0.2, 0.25) is 5.79 Å². The number of piperidine rings is 1. The van der Waals surface area contributed by atoms with Gasteiger partial charge in [-0.3, -0.25) is 28.8 Å². The zero-order valence-electron chi connectivity index (χ0n) is 49.0. The minimum atomic E-state index is -2.48. The number of carbonyl (C=O) groups excluding carboxylic acids is 7. The fourth-order valence-corrected chi connectivity index (χ4v) is 11.2. The molecule has 0 aromatic rings. The van der Waals surface area contributed by atoms with Gasteiger partial charge < -0.3 is 53.4 Å². The molecule has 3 heterocycles. The highest BCUT2D eigenvalue weighted by Gasteiger charge is 2.53. The topological polar surface area (TPSA) is 248 Å². The van der Waals surface area contributed by atoms with Crippen molar-refractivity contribution in [3.8, 4) is 0 Å². The van der Waals surface area contributed by atoms with E-state index >= 15 is 0 Å². The Hall–Kier alpha value is -3.95. The van der Waals surface area contributed by atoms with E-state index in [-0.39, 0.29) is 49.2 Å². The molecule has 5 unspecified atom stereocenters. The summed E-state index contributed by atoms with van der Waals surface area (Å²) in [6.45, 7) is 16.1. The van der Waals surface area contributed by atoms with E-state index in [2.05, 4.69) is 15.9 Å². The minimum absolute atomic E-state index is 0.0158. The number of aliphatic hydroxyl groups excluding tert-OH is 2. The van der Waals surface area contributed by atoms with Crippen LogP contribution in [0.5, 0.6) is 0 Å². The quantitative estimate of drug-likeness (QED) is 0.0564. The zero-order chi connectivity index (χ0) is 59.2. The lowest BCUT2D eigenvalue weighted by Crippen LogP contribution is -2.61. The Morgan fingerprint density at radius 1 is 0.861 bits per heavy atom. The summed E-state index contributed by atoms with van der Waals surface area (Å²) in [6, 6.07) is -1.22. The van der Waals surface area contributed by atoms with Crippen LogP contribution in [0.4, 0.5) is 0 Å². The van der Waals surface area contributed by atoms with Gasteiger partial charge in [-0.1, -0.05) is 87.0 Å². The number of Topliss-reactive ketones (excluding diaryl/α,β-unsaturated/α-hetero) is 3. The number of ketones is 3. The number of amides is 1. The van der Waals surface area contributed by atoms with Crippen molar-refractivity contribution < 1.29 is 82.0 Å². The highest BCUT2D eigenvalue weighted by molar-refractivity contribution is 9.10. The highest BCUT2D eigenvalue weighted by Crippen LogP contribution is 2.39. The van der Waals surface area contributed by atoms with E-state index in [0.717, 1.165) is 10.5 Å². The summed E-state index contributed by atoms with van der Waals surface area (Å²) in [5.74, 6) is -10.2. The van der Waals surface area contributed by atoms with Crippen molar-refractivity contribution in [1.82, 2.24) is 4.90 Å². The molecule has 0 radical (unpaired) electrons. The summed E-state index contributed by atoms with van der Waals surface area (Å²) in [5.41, 5.74) is -0.354. The van der Waals surface area contributed by atoms with Crippen LogP contribution in [0, 0.1) is 40.9 Å². The van der Waals surface area contributed by atoms with Gasteiger partial charge >= 0.3 is 17.9 Å². The van der Waals surface area contributed by atoms with Crippen molar-refractivity contribution in [3.63, 3.8) is 0 Å². The van der Waals surface area contributed by atoms with Gasteiger partial charge in [0.15, 0.2) is 5.78 Å². The Labute approximate surface area is 476 Å². The van der Waals surface area contributed by atoms with Crippen LogP contribution < -0.4 is 0 Å². The van der Waals surface area contributed by atoms with Gasteiger partial charge in [0.25, 0.3) is 11.7 Å². The van der Waals surface area contributed by atoms with Crippen LogP contribution in [0.2, 0.25) is 0 Å². The number of hydrogen-bond donors (Lipinski definition) is 3. The highest BCUT2D eigenvalue weighted by atomic mass is 79.9. The predicted molar refractivity (Wildman–Crippen MR) is 298 cm³/mol. The molecule has 3 aliphatic heterocycles. The fourth-order valence-electron chi connectivity index (χ4n) is 11.1. The largest absolute Gasteiger partial charge is 0.463 e.